The lowest BCUT2D eigenvalue weighted by Crippen LogP contribution is -2.29. The second-order valence-electron chi connectivity index (χ2n) is 5.80. The Morgan fingerprint density at radius 2 is 1.38 bits per heavy atom. The number of aliphatic hydroxyl groups is 1. The summed E-state index contributed by atoms with van der Waals surface area (Å²) in [5.74, 6) is -0.796. The molecule has 0 aliphatic heterocycles. The largest absolute Gasteiger partial charge is 0.453 e. The summed E-state index contributed by atoms with van der Waals surface area (Å²) in [5.41, 5.74) is 0. The van der Waals surface area contributed by atoms with E-state index < -0.39 is 18.2 Å². The van der Waals surface area contributed by atoms with Gasteiger partial charge < -0.3 is 9.84 Å². The fourth-order valence-corrected chi connectivity index (χ4v) is 2.15. The van der Waals surface area contributed by atoms with Crippen molar-refractivity contribution in [2.75, 3.05) is 0 Å². The molecule has 0 saturated carbocycles. The smallest absolute Gasteiger partial charge is 0.335 e. The molecule has 0 aromatic heterocycles. The Morgan fingerprint density at radius 3 is 1.86 bits per heavy atom. The van der Waals surface area contributed by atoms with Gasteiger partial charge in [-0.05, 0) is 20.3 Å². The van der Waals surface area contributed by atoms with Crippen LogP contribution in [0.4, 0.5) is 0 Å². The van der Waals surface area contributed by atoms with Crippen molar-refractivity contribution in [3.05, 3.63) is 0 Å². The minimum Gasteiger partial charge on any atom is -0.453 e. The van der Waals surface area contributed by atoms with Gasteiger partial charge in [0.2, 0.25) is 0 Å². The number of ether oxygens (including phenoxy) is 1. The molecule has 2 unspecified atom stereocenters. The molecule has 0 radical (unpaired) electrons. The highest BCUT2D eigenvalue weighted by molar-refractivity contribution is 5.85. The van der Waals surface area contributed by atoms with E-state index in [2.05, 4.69) is 6.92 Å². The Morgan fingerprint density at radius 1 is 0.905 bits per heavy atom. The Labute approximate surface area is 129 Å². The standard InChI is InChI=1S/C17H32O4/c1-4-5-6-7-8-9-10-11-12-13-16(19)15(3)21-17(20)14(2)18/h14-15,18H,4-13H2,1-3H3. The molecule has 0 heterocycles. The quantitative estimate of drug-likeness (QED) is 0.415. The highest BCUT2D eigenvalue weighted by Gasteiger charge is 2.19. The van der Waals surface area contributed by atoms with Crippen LogP contribution in [0.25, 0.3) is 0 Å². The molecule has 0 aromatic rings. The summed E-state index contributed by atoms with van der Waals surface area (Å²) in [7, 11) is 0. The molecule has 4 nitrogen and oxygen atoms in total. The average molecular weight is 300 g/mol. The molecule has 0 fully saturated rings. The zero-order valence-electron chi connectivity index (χ0n) is 13.9. The lowest BCUT2D eigenvalue weighted by atomic mass is 10.0. The lowest BCUT2D eigenvalue weighted by molar-refractivity contribution is -0.161. The third kappa shape index (κ3) is 11.4. The van der Waals surface area contributed by atoms with Gasteiger partial charge in [0, 0.05) is 6.42 Å². The highest BCUT2D eigenvalue weighted by atomic mass is 16.6. The fraction of sp³-hybridized carbons (Fsp3) is 0.882. The van der Waals surface area contributed by atoms with Crippen molar-refractivity contribution in [3.8, 4) is 0 Å². The normalized spacial score (nSPS) is 13.7. The highest BCUT2D eigenvalue weighted by Crippen LogP contribution is 2.11. The topological polar surface area (TPSA) is 63.6 Å². The first-order valence-corrected chi connectivity index (χ1v) is 8.40. The van der Waals surface area contributed by atoms with Gasteiger partial charge in [0.15, 0.2) is 11.9 Å². The summed E-state index contributed by atoms with van der Waals surface area (Å²) in [5, 5.41) is 9.02. The molecular formula is C17H32O4. The van der Waals surface area contributed by atoms with E-state index in [-0.39, 0.29) is 5.78 Å². The number of hydrogen-bond acceptors (Lipinski definition) is 4. The first-order chi connectivity index (χ1) is 9.99. The van der Waals surface area contributed by atoms with Crippen molar-refractivity contribution in [1.82, 2.24) is 0 Å². The van der Waals surface area contributed by atoms with Crippen molar-refractivity contribution in [2.24, 2.45) is 0 Å². The number of rotatable bonds is 13. The van der Waals surface area contributed by atoms with Gasteiger partial charge in [-0.2, -0.15) is 0 Å². The summed E-state index contributed by atoms with van der Waals surface area (Å²) in [6.45, 7) is 5.12. The molecule has 2 atom stereocenters. The van der Waals surface area contributed by atoms with Crippen LogP contribution in [0.2, 0.25) is 0 Å². The Hall–Kier alpha value is -0.900. The van der Waals surface area contributed by atoms with Crippen LogP contribution in [0.3, 0.4) is 0 Å². The monoisotopic (exact) mass is 300 g/mol. The van der Waals surface area contributed by atoms with Crippen LogP contribution >= 0.6 is 0 Å². The molecule has 0 aliphatic rings. The molecule has 0 bridgehead atoms. The molecule has 0 amide bonds. The first-order valence-electron chi connectivity index (χ1n) is 8.40. The van der Waals surface area contributed by atoms with Gasteiger partial charge in [-0.1, -0.05) is 58.3 Å². The van der Waals surface area contributed by atoms with Crippen molar-refractivity contribution in [3.63, 3.8) is 0 Å². The van der Waals surface area contributed by atoms with E-state index in [9.17, 15) is 9.59 Å². The van der Waals surface area contributed by atoms with E-state index in [4.69, 9.17) is 9.84 Å². The zero-order chi connectivity index (χ0) is 16.1. The maximum atomic E-state index is 11.7. The van der Waals surface area contributed by atoms with Gasteiger partial charge >= 0.3 is 5.97 Å². The van der Waals surface area contributed by atoms with Crippen LogP contribution in [0.15, 0.2) is 0 Å². The zero-order valence-corrected chi connectivity index (χ0v) is 13.9. The van der Waals surface area contributed by atoms with Crippen molar-refractivity contribution in [2.45, 2.75) is 97.2 Å². The molecule has 4 heteroatoms. The summed E-state index contributed by atoms with van der Waals surface area (Å²) in [6.07, 6.45) is 9.39. The number of carbonyl (C=O) groups excluding carboxylic acids is 2. The van der Waals surface area contributed by atoms with Crippen molar-refractivity contribution in [1.29, 1.82) is 0 Å². The first kappa shape index (κ1) is 20.1. The molecule has 0 rings (SSSR count). The minimum atomic E-state index is -1.17. The third-order valence-electron chi connectivity index (χ3n) is 3.61. The van der Waals surface area contributed by atoms with Crippen LogP contribution < -0.4 is 0 Å². The van der Waals surface area contributed by atoms with Crippen molar-refractivity contribution < 1.29 is 19.4 Å². The van der Waals surface area contributed by atoms with Gasteiger partial charge in [0.05, 0.1) is 0 Å². The molecular weight excluding hydrogens is 268 g/mol. The molecule has 124 valence electrons. The molecule has 0 aliphatic carbocycles. The fourth-order valence-electron chi connectivity index (χ4n) is 2.15. The predicted octanol–water partition coefficient (Wildman–Crippen LogP) is 3.79. The van der Waals surface area contributed by atoms with Gasteiger partial charge in [-0.15, -0.1) is 0 Å². The van der Waals surface area contributed by atoms with Crippen LogP contribution in [-0.4, -0.2) is 29.1 Å². The predicted molar refractivity (Wildman–Crippen MR) is 84.1 cm³/mol. The number of ketones is 1. The molecule has 0 saturated heterocycles. The second-order valence-corrected chi connectivity index (χ2v) is 5.80. The number of unbranched alkanes of at least 4 members (excludes halogenated alkanes) is 8. The Balaban J connectivity index is 3.51. The minimum absolute atomic E-state index is 0.0630. The summed E-state index contributed by atoms with van der Waals surface area (Å²) >= 11 is 0. The third-order valence-corrected chi connectivity index (χ3v) is 3.61. The van der Waals surface area contributed by atoms with Gasteiger partial charge in [-0.25, -0.2) is 4.79 Å². The van der Waals surface area contributed by atoms with Crippen LogP contribution in [0.5, 0.6) is 0 Å². The Kier molecular flexibility index (Phi) is 12.3. The van der Waals surface area contributed by atoms with E-state index in [1.165, 1.54) is 51.9 Å². The van der Waals surface area contributed by atoms with E-state index in [0.29, 0.717) is 6.42 Å². The number of hydrogen-bond donors (Lipinski definition) is 1. The maximum Gasteiger partial charge on any atom is 0.335 e. The lowest BCUT2D eigenvalue weighted by Gasteiger charge is -2.13. The number of esters is 1. The van der Waals surface area contributed by atoms with Crippen LogP contribution in [0.1, 0.15) is 85.0 Å². The van der Waals surface area contributed by atoms with Gasteiger partial charge in [0.1, 0.15) is 6.10 Å². The van der Waals surface area contributed by atoms with E-state index in [0.717, 1.165) is 12.8 Å². The number of carbonyl (C=O) groups is 2. The SMILES string of the molecule is CCCCCCCCCCCC(=O)C(C)OC(=O)C(C)O. The Bertz CT molecular complexity index is 287. The van der Waals surface area contributed by atoms with E-state index in [1.807, 2.05) is 0 Å². The van der Waals surface area contributed by atoms with Crippen LogP contribution in [0, 0.1) is 0 Å². The summed E-state index contributed by atoms with van der Waals surface area (Å²) in [4.78, 5) is 22.9. The molecule has 0 aromatic carbocycles. The van der Waals surface area contributed by atoms with Gasteiger partial charge in [-0.3, -0.25) is 4.79 Å². The summed E-state index contributed by atoms with van der Waals surface area (Å²) in [6, 6.07) is 0. The van der Waals surface area contributed by atoms with E-state index >= 15 is 0 Å². The van der Waals surface area contributed by atoms with Gasteiger partial charge in [0.25, 0.3) is 0 Å². The second kappa shape index (κ2) is 12.8. The van der Waals surface area contributed by atoms with E-state index in [1.54, 1.807) is 6.92 Å². The summed E-state index contributed by atoms with van der Waals surface area (Å²) < 4.78 is 4.87. The average Bonchev–Trinajstić information content (AvgIpc) is 2.44. The maximum absolute atomic E-state index is 11.7. The van der Waals surface area contributed by atoms with Crippen molar-refractivity contribution >= 4 is 11.8 Å². The molecule has 0 spiro atoms. The number of Topliss-reactive ketones (excluding diaryl/α,β-unsaturated/α-hetero) is 1. The van der Waals surface area contributed by atoms with Crippen LogP contribution in [-0.2, 0) is 14.3 Å². The molecule has 1 N–H and O–H groups in total. The number of aliphatic hydroxyl groups excluding tert-OH is 1. The molecule has 21 heavy (non-hydrogen) atoms.